The molecular weight excluding hydrogens is 318 g/mol. The summed E-state index contributed by atoms with van der Waals surface area (Å²) in [5, 5.41) is 12.3. The zero-order chi connectivity index (χ0) is 18.2. The third kappa shape index (κ3) is 2.91. The minimum Gasteiger partial charge on any atom is -0.478 e. The van der Waals surface area contributed by atoms with Crippen LogP contribution in [-0.2, 0) is 4.79 Å². The van der Waals surface area contributed by atoms with E-state index in [0.29, 0.717) is 5.56 Å². The van der Waals surface area contributed by atoms with E-state index in [1.54, 1.807) is 19.2 Å². The van der Waals surface area contributed by atoms with Gasteiger partial charge in [-0.3, -0.25) is 9.78 Å². The molecule has 1 aromatic carbocycles. The third-order valence-corrected chi connectivity index (χ3v) is 4.61. The largest absolute Gasteiger partial charge is 0.478 e. The number of nitrogens with one attached hydrogen (secondary N) is 1. The SMILES string of the molecule is CC(C)C1(C)N=C(c2ncc(-c3ccccc3)cc2C(=O)O)NC1=O. The highest BCUT2D eigenvalue weighted by Gasteiger charge is 2.43. The van der Waals surface area contributed by atoms with Crippen LogP contribution in [0.2, 0.25) is 0 Å². The molecule has 0 radical (unpaired) electrons. The third-order valence-electron chi connectivity index (χ3n) is 4.61. The van der Waals surface area contributed by atoms with Crippen LogP contribution in [-0.4, -0.2) is 33.3 Å². The minimum absolute atomic E-state index is 0.00779. The van der Waals surface area contributed by atoms with Crippen molar-refractivity contribution in [3.05, 3.63) is 53.9 Å². The van der Waals surface area contributed by atoms with E-state index < -0.39 is 11.5 Å². The Bertz CT molecular complexity index is 875. The Morgan fingerprint density at radius 3 is 2.44 bits per heavy atom. The van der Waals surface area contributed by atoms with E-state index in [2.05, 4.69) is 15.3 Å². The Balaban J connectivity index is 2.09. The van der Waals surface area contributed by atoms with Gasteiger partial charge in [0.15, 0.2) is 5.84 Å². The van der Waals surface area contributed by atoms with Gasteiger partial charge >= 0.3 is 5.97 Å². The zero-order valence-corrected chi connectivity index (χ0v) is 14.3. The monoisotopic (exact) mass is 337 g/mol. The molecular formula is C19H19N3O3. The highest BCUT2D eigenvalue weighted by atomic mass is 16.4. The molecule has 0 saturated carbocycles. The lowest BCUT2D eigenvalue weighted by atomic mass is 9.89. The number of pyridine rings is 1. The second kappa shape index (κ2) is 6.12. The van der Waals surface area contributed by atoms with E-state index in [0.717, 1.165) is 5.56 Å². The Morgan fingerprint density at radius 1 is 1.20 bits per heavy atom. The maximum atomic E-state index is 12.3. The van der Waals surface area contributed by atoms with E-state index in [4.69, 9.17) is 0 Å². The number of carbonyl (C=O) groups is 2. The van der Waals surface area contributed by atoms with Crippen molar-refractivity contribution in [1.82, 2.24) is 10.3 Å². The lowest BCUT2D eigenvalue weighted by Crippen LogP contribution is -2.41. The van der Waals surface area contributed by atoms with Gasteiger partial charge in [0, 0.05) is 11.8 Å². The molecule has 0 bridgehead atoms. The van der Waals surface area contributed by atoms with Crippen molar-refractivity contribution in [2.45, 2.75) is 26.3 Å². The van der Waals surface area contributed by atoms with Crippen LogP contribution in [0.1, 0.15) is 36.8 Å². The first-order chi connectivity index (χ1) is 11.8. The molecule has 1 atom stereocenters. The number of rotatable bonds is 4. The summed E-state index contributed by atoms with van der Waals surface area (Å²) in [6.07, 6.45) is 1.59. The van der Waals surface area contributed by atoms with Gasteiger partial charge in [-0.15, -0.1) is 0 Å². The van der Waals surface area contributed by atoms with Gasteiger partial charge in [-0.05, 0) is 24.5 Å². The molecule has 128 valence electrons. The molecule has 6 heteroatoms. The molecule has 25 heavy (non-hydrogen) atoms. The number of carboxylic acids is 1. The van der Waals surface area contributed by atoms with Crippen molar-refractivity contribution in [3.63, 3.8) is 0 Å². The van der Waals surface area contributed by atoms with Crippen molar-refractivity contribution in [2.75, 3.05) is 0 Å². The number of amidine groups is 1. The Morgan fingerprint density at radius 2 is 1.88 bits per heavy atom. The average molecular weight is 337 g/mol. The van der Waals surface area contributed by atoms with E-state index in [9.17, 15) is 14.7 Å². The van der Waals surface area contributed by atoms with Crippen molar-refractivity contribution in [3.8, 4) is 11.1 Å². The maximum Gasteiger partial charge on any atom is 0.338 e. The van der Waals surface area contributed by atoms with Crippen molar-refractivity contribution < 1.29 is 14.7 Å². The van der Waals surface area contributed by atoms with E-state index in [1.807, 2.05) is 44.2 Å². The Hall–Kier alpha value is -3.02. The number of carbonyl (C=O) groups excluding carboxylic acids is 1. The molecule has 1 amide bonds. The topological polar surface area (TPSA) is 91.7 Å². The highest BCUT2D eigenvalue weighted by Crippen LogP contribution is 2.28. The Kier molecular flexibility index (Phi) is 4.12. The first-order valence-corrected chi connectivity index (χ1v) is 8.03. The summed E-state index contributed by atoms with van der Waals surface area (Å²) in [6, 6.07) is 11.0. The first-order valence-electron chi connectivity index (χ1n) is 8.03. The molecule has 6 nitrogen and oxygen atoms in total. The van der Waals surface area contributed by atoms with Gasteiger partial charge in [0.2, 0.25) is 0 Å². The van der Waals surface area contributed by atoms with Crippen LogP contribution in [0.25, 0.3) is 11.1 Å². The fourth-order valence-corrected chi connectivity index (χ4v) is 2.65. The molecule has 2 aromatic rings. The summed E-state index contributed by atoms with van der Waals surface area (Å²) in [6.45, 7) is 5.53. The molecule has 0 aliphatic carbocycles. The van der Waals surface area contributed by atoms with Crippen molar-refractivity contribution >= 4 is 17.7 Å². The normalized spacial score (nSPS) is 19.7. The van der Waals surface area contributed by atoms with Gasteiger partial charge in [-0.25, -0.2) is 9.79 Å². The number of benzene rings is 1. The molecule has 1 aliphatic heterocycles. The second-order valence-electron chi connectivity index (χ2n) is 6.51. The summed E-state index contributed by atoms with van der Waals surface area (Å²) in [5.41, 5.74) is 0.815. The van der Waals surface area contributed by atoms with Gasteiger partial charge in [-0.2, -0.15) is 0 Å². The fraction of sp³-hybridized carbons (Fsp3) is 0.263. The van der Waals surface area contributed by atoms with Gasteiger partial charge < -0.3 is 10.4 Å². The predicted molar refractivity (Wildman–Crippen MR) is 94.6 cm³/mol. The highest BCUT2D eigenvalue weighted by molar-refractivity contribution is 6.17. The molecule has 3 rings (SSSR count). The van der Waals surface area contributed by atoms with Crippen LogP contribution in [0.5, 0.6) is 0 Å². The van der Waals surface area contributed by atoms with Gasteiger partial charge in [0.25, 0.3) is 5.91 Å². The summed E-state index contributed by atoms with van der Waals surface area (Å²) in [4.78, 5) is 32.8. The minimum atomic E-state index is -1.12. The lowest BCUT2D eigenvalue weighted by Gasteiger charge is -2.21. The number of aliphatic imine (C=N–C) groups is 1. The number of aromatic nitrogens is 1. The first kappa shape index (κ1) is 16.8. The van der Waals surface area contributed by atoms with E-state index in [-0.39, 0.29) is 28.9 Å². The number of aromatic carboxylic acids is 1. The second-order valence-corrected chi connectivity index (χ2v) is 6.51. The van der Waals surface area contributed by atoms with Crippen LogP contribution in [0.15, 0.2) is 47.6 Å². The number of amides is 1. The van der Waals surface area contributed by atoms with Crippen LogP contribution >= 0.6 is 0 Å². The standard InChI is InChI=1S/C19H19N3O3/c1-11(2)19(3)18(25)21-16(22-19)15-14(17(23)24)9-13(10-20-15)12-7-5-4-6-8-12/h4-11H,1-3H3,(H,23,24)(H,21,22,25). The molecule has 1 aromatic heterocycles. The van der Waals surface area contributed by atoms with Crippen molar-refractivity contribution in [1.29, 1.82) is 0 Å². The molecule has 1 unspecified atom stereocenters. The van der Waals surface area contributed by atoms with Crippen LogP contribution in [0.4, 0.5) is 0 Å². The van der Waals surface area contributed by atoms with Crippen LogP contribution in [0.3, 0.4) is 0 Å². The number of hydrogen-bond acceptors (Lipinski definition) is 4. The quantitative estimate of drug-likeness (QED) is 0.897. The van der Waals surface area contributed by atoms with Crippen molar-refractivity contribution in [2.24, 2.45) is 10.9 Å². The molecule has 0 saturated heterocycles. The predicted octanol–water partition coefficient (Wildman–Crippen LogP) is 2.74. The average Bonchev–Trinajstić information content (AvgIpc) is 2.91. The molecule has 2 N–H and O–H groups in total. The van der Waals surface area contributed by atoms with Crippen LogP contribution < -0.4 is 5.32 Å². The smallest absolute Gasteiger partial charge is 0.338 e. The molecule has 0 fully saturated rings. The molecule has 2 heterocycles. The number of hydrogen-bond donors (Lipinski definition) is 2. The van der Waals surface area contributed by atoms with Gasteiger partial charge in [0.1, 0.15) is 11.2 Å². The summed E-state index contributed by atoms with van der Waals surface area (Å²) in [7, 11) is 0. The summed E-state index contributed by atoms with van der Waals surface area (Å²) >= 11 is 0. The zero-order valence-electron chi connectivity index (χ0n) is 14.3. The summed E-state index contributed by atoms with van der Waals surface area (Å²) in [5.74, 6) is -1.18. The maximum absolute atomic E-state index is 12.3. The Labute approximate surface area is 145 Å². The van der Waals surface area contributed by atoms with Gasteiger partial charge in [-0.1, -0.05) is 44.2 Å². The summed E-state index contributed by atoms with van der Waals surface area (Å²) < 4.78 is 0. The van der Waals surface area contributed by atoms with Gasteiger partial charge in [0.05, 0.1) is 5.56 Å². The van der Waals surface area contributed by atoms with E-state index in [1.165, 1.54) is 0 Å². The number of carboxylic acid groups (broad SMARTS) is 1. The lowest BCUT2D eigenvalue weighted by molar-refractivity contribution is -0.124. The fourth-order valence-electron chi connectivity index (χ4n) is 2.65. The molecule has 0 spiro atoms. The number of nitrogens with zero attached hydrogens (tertiary/aromatic N) is 2. The van der Waals surface area contributed by atoms with E-state index >= 15 is 0 Å². The molecule has 1 aliphatic rings. The van der Waals surface area contributed by atoms with Crippen LogP contribution in [0, 0.1) is 5.92 Å².